The molecule has 0 aromatic carbocycles. The van der Waals surface area contributed by atoms with E-state index >= 15 is 0 Å². The maximum Gasteiger partial charge on any atom is 0.0213 e. The van der Waals surface area contributed by atoms with Gasteiger partial charge in [-0.1, -0.05) is 66.7 Å². The molecule has 0 spiro atoms. The maximum absolute atomic E-state index is 3.91. The van der Waals surface area contributed by atoms with Gasteiger partial charge in [0.05, 0.1) is 0 Å². The van der Waals surface area contributed by atoms with Crippen LogP contribution in [0.5, 0.6) is 0 Å². The minimum Gasteiger partial charge on any atom is -0.308 e. The molecule has 1 rings (SSSR count). The molecular formula is C19H39N. The van der Waals surface area contributed by atoms with Gasteiger partial charge in [0.15, 0.2) is 0 Å². The fourth-order valence-corrected chi connectivity index (χ4v) is 3.82. The summed E-state index contributed by atoms with van der Waals surface area (Å²) in [7, 11) is 0. The summed E-state index contributed by atoms with van der Waals surface area (Å²) in [6.45, 7) is 16.6. The van der Waals surface area contributed by atoms with Crippen molar-refractivity contribution in [2.75, 3.05) is 0 Å². The van der Waals surface area contributed by atoms with Gasteiger partial charge in [-0.3, -0.25) is 0 Å². The number of hydrogen-bond acceptors (Lipinski definition) is 1. The Hall–Kier alpha value is -0.0400. The summed E-state index contributed by atoms with van der Waals surface area (Å²) < 4.78 is 0. The monoisotopic (exact) mass is 281 g/mol. The average molecular weight is 282 g/mol. The molecule has 1 aliphatic carbocycles. The van der Waals surface area contributed by atoms with Gasteiger partial charge in [0, 0.05) is 11.6 Å². The van der Waals surface area contributed by atoms with E-state index in [9.17, 15) is 0 Å². The smallest absolute Gasteiger partial charge is 0.0213 e. The summed E-state index contributed by atoms with van der Waals surface area (Å²) in [5, 5.41) is 3.91. The van der Waals surface area contributed by atoms with Gasteiger partial charge < -0.3 is 5.32 Å². The van der Waals surface area contributed by atoms with Crippen molar-refractivity contribution >= 4 is 0 Å². The lowest BCUT2D eigenvalue weighted by atomic mass is 9.90. The average Bonchev–Trinajstić information content (AvgIpc) is 2.88. The maximum atomic E-state index is 3.91. The Kier molecular flexibility index (Phi) is 7.04. The van der Waals surface area contributed by atoms with Crippen molar-refractivity contribution in [2.24, 2.45) is 23.7 Å². The molecule has 5 unspecified atom stereocenters. The first-order chi connectivity index (χ1) is 9.36. The first-order valence-corrected chi connectivity index (χ1v) is 9.14. The largest absolute Gasteiger partial charge is 0.308 e. The van der Waals surface area contributed by atoms with E-state index < -0.39 is 0 Å². The molecular weight excluding hydrogens is 242 g/mol. The van der Waals surface area contributed by atoms with Crippen LogP contribution in [0.2, 0.25) is 0 Å². The molecule has 0 aromatic heterocycles. The van der Waals surface area contributed by atoms with Crippen LogP contribution in [0.15, 0.2) is 0 Å². The molecule has 0 saturated heterocycles. The van der Waals surface area contributed by atoms with Crippen LogP contribution in [0.3, 0.4) is 0 Å². The minimum absolute atomic E-state index is 0.405. The Morgan fingerprint density at radius 2 is 1.60 bits per heavy atom. The Morgan fingerprint density at radius 1 is 1.00 bits per heavy atom. The summed E-state index contributed by atoms with van der Waals surface area (Å²) in [6.07, 6.45) is 8.36. The van der Waals surface area contributed by atoms with Crippen molar-refractivity contribution in [3.8, 4) is 0 Å². The highest BCUT2D eigenvalue weighted by Crippen LogP contribution is 2.49. The fraction of sp³-hybridized carbons (Fsp3) is 1.00. The molecule has 1 fully saturated rings. The van der Waals surface area contributed by atoms with Crippen LogP contribution >= 0.6 is 0 Å². The van der Waals surface area contributed by atoms with Gasteiger partial charge in [-0.05, 0) is 43.9 Å². The normalized spacial score (nSPS) is 33.8. The molecule has 1 saturated carbocycles. The predicted octanol–water partition coefficient (Wildman–Crippen LogP) is 5.64. The van der Waals surface area contributed by atoms with Gasteiger partial charge in [0.1, 0.15) is 0 Å². The Bertz CT molecular complexity index is 265. The van der Waals surface area contributed by atoms with Crippen LogP contribution in [-0.4, -0.2) is 11.6 Å². The van der Waals surface area contributed by atoms with Crippen molar-refractivity contribution in [3.05, 3.63) is 0 Å². The Balaban J connectivity index is 2.23. The zero-order valence-electron chi connectivity index (χ0n) is 15.1. The van der Waals surface area contributed by atoms with E-state index in [1.54, 1.807) is 0 Å². The molecule has 1 aliphatic rings. The van der Waals surface area contributed by atoms with Crippen LogP contribution in [0, 0.1) is 23.7 Å². The highest BCUT2D eigenvalue weighted by atomic mass is 15.1. The van der Waals surface area contributed by atoms with Crippen LogP contribution < -0.4 is 5.32 Å². The van der Waals surface area contributed by atoms with Crippen LogP contribution in [0.4, 0.5) is 0 Å². The molecule has 0 heterocycles. The second-order valence-corrected chi connectivity index (χ2v) is 7.76. The van der Waals surface area contributed by atoms with Crippen molar-refractivity contribution < 1.29 is 0 Å². The van der Waals surface area contributed by atoms with E-state index in [1.165, 1.54) is 38.5 Å². The lowest BCUT2D eigenvalue weighted by Crippen LogP contribution is -2.42. The van der Waals surface area contributed by atoms with Gasteiger partial charge in [-0.25, -0.2) is 0 Å². The molecule has 0 aromatic rings. The molecule has 1 heteroatoms. The van der Waals surface area contributed by atoms with Crippen LogP contribution in [0.1, 0.15) is 87.0 Å². The zero-order chi connectivity index (χ0) is 15.3. The SMILES string of the molecule is CCCC(CC)CCCC(C)C(C)NC1(C)C(C)C1C. The van der Waals surface area contributed by atoms with E-state index in [0.29, 0.717) is 11.6 Å². The van der Waals surface area contributed by atoms with Gasteiger partial charge in [-0.2, -0.15) is 0 Å². The van der Waals surface area contributed by atoms with E-state index in [4.69, 9.17) is 0 Å². The van der Waals surface area contributed by atoms with E-state index in [-0.39, 0.29) is 0 Å². The molecule has 120 valence electrons. The second-order valence-electron chi connectivity index (χ2n) is 7.76. The predicted molar refractivity (Wildman–Crippen MR) is 91.0 cm³/mol. The van der Waals surface area contributed by atoms with Gasteiger partial charge in [-0.15, -0.1) is 0 Å². The molecule has 0 bridgehead atoms. The first kappa shape index (κ1) is 18.0. The third-order valence-corrected chi connectivity index (χ3v) is 6.47. The summed E-state index contributed by atoms with van der Waals surface area (Å²) in [5.74, 6) is 3.44. The highest BCUT2D eigenvalue weighted by Gasteiger charge is 2.55. The third-order valence-electron chi connectivity index (χ3n) is 6.47. The topological polar surface area (TPSA) is 12.0 Å². The van der Waals surface area contributed by atoms with Crippen molar-refractivity contribution in [3.63, 3.8) is 0 Å². The summed E-state index contributed by atoms with van der Waals surface area (Å²) in [6, 6.07) is 0.652. The Morgan fingerprint density at radius 3 is 2.05 bits per heavy atom. The van der Waals surface area contributed by atoms with Crippen molar-refractivity contribution in [1.29, 1.82) is 0 Å². The molecule has 20 heavy (non-hydrogen) atoms. The molecule has 0 aliphatic heterocycles. The van der Waals surface area contributed by atoms with Gasteiger partial charge in [0.25, 0.3) is 0 Å². The van der Waals surface area contributed by atoms with E-state index in [1.807, 2.05) is 0 Å². The highest BCUT2D eigenvalue weighted by molar-refractivity contribution is 5.11. The molecule has 1 nitrogen and oxygen atoms in total. The van der Waals surface area contributed by atoms with E-state index in [2.05, 4.69) is 53.8 Å². The molecule has 0 amide bonds. The number of nitrogens with one attached hydrogen (secondary N) is 1. The zero-order valence-corrected chi connectivity index (χ0v) is 15.1. The van der Waals surface area contributed by atoms with Crippen LogP contribution in [0.25, 0.3) is 0 Å². The lowest BCUT2D eigenvalue weighted by molar-refractivity contribution is 0.305. The lowest BCUT2D eigenvalue weighted by Gasteiger charge is -2.27. The molecule has 5 atom stereocenters. The molecule has 0 radical (unpaired) electrons. The third kappa shape index (κ3) is 4.48. The Labute approximate surface area is 128 Å². The van der Waals surface area contributed by atoms with Gasteiger partial charge in [0.2, 0.25) is 0 Å². The second kappa shape index (κ2) is 7.82. The fourth-order valence-electron chi connectivity index (χ4n) is 3.82. The first-order valence-electron chi connectivity index (χ1n) is 9.14. The molecule has 1 N–H and O–H groups in total. The summed E-state index contributed by atoms with van der Waals surface area (Å²) in [5.41, 5.74) is 0.405. The minimum atomic E-state index is 0.405. The van der Waals surface area contributed by atoms with Gasteiger partial charge >= 0.3 is 0 Å². The number of rotatable bonds is 10. The number of hydrogen-bond donors (Lipinski definition) is 1. The quantitative estimate of drug-likeness (QED) is 0.546. The van der Waals surface area contributed by atoms with Crippen molar-refractivity contribution in [2.45, 2.75) is 98.6 Å². The van der Waals surface area contributed by atoms with Crippen molar-refractivity contribution in [1.82, 2.24) is 5.32 Å². The summed E-state index contributed by atoms with van der Waals surface area (Å²) >= 11 is 0. The summed E-state index contributed by atoms with van der Waals surface area (Å²) in [4.78, 5) is 0. The van der Waals surface area contributed by atoms with Crippen LogP contribution in [-0.2, 0) is 0 Å². The standard InChI is InChI=1S/C19H39N/c1-8-11-18(9-2)13-10-12-14(3)17(6)20-19(7)15(4)16(19)5/h14-18,20H,8-13H2,1-7H3. The van der Waals surface area contributed by atoms with E-state index in [0.717, 1.165) is 23.7 Å².